The number of anilines is 1. The van der Waals surface area contributed by atoms with E-state index in [1.807, 2.05) is 6.07 Å². The van der Waals surface area contributed by atoms with Gasteiger partial charge in [-0.15, -0.1) is 0 Å². The van der Waals surface area contributed by atoms with Crippen molar-refractivity contribution in [3.05, 3.63) is 41.6 Å². The molecule has 138 valence electrons. The first-order chi connectivity index (χ1) is 12.4. The zero-order chi connectivity index (χ0) is 18.3. The van der Waals surface area contributed by atoms with Gasteiger partial charge in [-0.3, -0.25) is 9.97 Å². The Balaban J connectivity index is 1.52. The molecule has 0 aliphatic carbocycles. The summed E-state index contributed by atoms with van der Waals surface area (Å²) in [6, 6.07) is 2.18. The van der Waals surface area contributed by atoms with Gasteiger partial charge in [0, 0.05) is 25.1 Å². The number of hydrogen-bond donors (Lipinski definition) is 1. The van der Waals surface area contributed by atoms with Crippen LogP contribution in [0.4, 0.5) is 5.82 Å². The third-order valence-electron chi connectivity index (χ3n) is 4.95. The molecule has 4 rings (SSSR count). The van der Waals surface area contributed by atoms with Gasteiger partial charge in [-0.2, -0.15) is 0 Å². The molecule has 9 heteroatoms. The fourth-order valence-electron chi connectivity index (χ4n) is 3.50. The molecule has 2 fully saturated rings. The molecular formula is C17H21N5O3S. The first kappa shape index (κ1) is 17.3. The number of rotatable bonds is 5. The van der Waals surface area contributed by atoms with Gasteiger partial charge < -0.3 is 9.64 Å². The van der Waals surface area contributed by atoms with Crippen LogP contribution < -0.4 is 9.62 Å². The molecule has 0 saturated carbocycles. The van der Waals surface area contributed by atoms with E-state index in [0.717, 1.165) is 18.8 Å². The van der Waals surface area contributed by atoms with Gasteiger partial charge in [0.1, 0.15) is 10.7 Å². The minimum Gasteiger partial charge on any atom is -0.374 e. The minimum atomic E-state index is -3.68. The summed E-state index contributed by atoms with van der Waals surface area (Å²) in [6.07, 6.45) is 5.84. The van der Waals surface area contributed by atoms with Crippen molar-refractivity contribution in [3.8, 4) is 0 Å². The Bertz CT molecular complexity index is 934. The largest absolute Gasteiger partial charge is 0.374 e. The van der Waals surface area contributed by atoms with Gasteiger partial charge in [0.2, 0.25) is 10.0 Å². The molecular weight excluding hydrogens is 354 g/mol. The van der Waals surface area contributed by atoms with Crippen molar-refractivity contribution >= 4 is 15.8 Å². The Labute approximate surface area is 152 Å². The maximum absolute atomic E-state index is 12.7. The van der Waals surface area contributed by atoms with E-state index >= 15 is 0 Å². The fraction of sp³-hybridized carbons (Fsp3) is 0.471. The van der Waals surface area contributed by atoms with Crippen molar-refractivity contribution < 1.29 is 13.2 Å². The number of pyridine rings is 1. The summed E-state index contributed by atoms with van der Waals surface area (Å²) in [6.45, 7) is 5.21. The Morgan fingerprint density at radius 3 is 2.73 bits per heavy atom. The summed E-state index contributed by atoms with van der Waals surface area (Å²) < 4.78 is 33.5. The summed E-state index contributed by atoms with van der Waals surface area (Å²) in [7, 11) is -3.68. The summed E-state index contributed by atoms with van der Waals surface area (Å²) in [5.41, 5.74) is 1.97. The topological polar surface area (TPSA) is 97.3 Å². The van der Waals surface area contributed by atoms with Gasteiger partial charge in [0.15, 0.2) is 0 Å². The molecule has 0 amide bonds. The van der Waals surface area contributed by atoms with Crippen LogP contribution in [0.3, 0.4) is 0 Å². The van der Waals surface area contributed by atoms with E-state index in [-0.39, 0.29) is 17.5 Å². The number of hydrogen-bond acceptors (Lipinski definition) is 7. The van der Waals surface area contributed by atoms with Crippen LogP contribution in [0.2, 0.25) is 0 Å². The normalized spacial score (nSPS) is 22.2. The molecule has 2 aromatic heterocycles. The van der Waals surface area contributed by atoms with E-state index in [1.165, 1.54) is 6.20 Å². The molecule has 2 bridgehead atoms. The van der Waals surface area contributed by atoms with E-state index in [1.54, 1.807) is 26.2 Å². The molecule has 1 N–H and O–H groups in total. The number of ether oxygens (including phenoxy) is 1. The highest BCUT2D eigenvalue weighted by Crippen LogP contribution is 2.32. The van der Waals surface area contributed by atoms with Crippen LogP contribution in [0.25, 0.3) is 0 Å². The van der Waals surface area contributed by atoms with Crippen molar-refractivity contribution in [2.75, 3.05) is 18.1 Å². The van der Waals surface area contributed by atoms with E-state index < -0.39 is 10.0 Å². The third kappa shape index (κ3) is 3.17. The molecule has 0 unspecified atom stereocenters. The lowest BCUT2D eigenvalue weighted by Gasteiger charge is -2.28. The second-order valence-corrected chi connectivity index (χ2v) is 8.45. The SMILES string of the molecule is Cc1cc(N2C[C@H]3C[C@@H]2CO3)ncc1S(=O)(=O)NCc1nccnc1C. The zero-order valence-electron chi connectivity index (χ0n) is 14.7. The number of nitrogens with one attached hydrogen (secondary N) is 1. The van der Waals surface area contributed by atoms with Gasteiger partial charge in [-0.05, 0) is 31.9 Å². The molecule has 2 aliphatic heterocycles. The van der Waals surface area contributed by atoms with Crippen molar-refractivity contribution in [1.82, 2.24) is 19.7 Å². The summed E-state index contributed by atoms with van der Waals surface area (Å²) in [5, 5.41) is 0. The molecule has 0 aromatic carbocycles. The summed E-state index contributed by atoms with van der Waals surface area (Å²) in [4.78, 5) is 15.1. The van der Waals surface area contributed by atoms with Gasteiger partial charge in [-0.1, -0.05) is 0 Å². The number of nitrogens with zero attached hydrogens (tertiary/aromatic N) is 4. The fourth-order valence-corrected chi connectivity index (χ4v) is 4.65. The third-order valence-corrected chi connectivity index (χ3v) is 6.48. The maximum Gasteiger partial charge on any atom is 0.242 e. The molecule has 0 spiro atoms. The Hall–Kier alpha value is -2.10. The number of morpholine rings is 1. The van der Waals surface area contributed by atoms with Crippen LogP contribution in [0, 0.1) is 13.8 Å². The van der Waals surface area contributed by atoms with Crippen molar-refractivity contribution in [3.63, 3.8) is 0 Å². The highest BCUT2D eigenvalue weighted by atomic mass is 32.2. The van der Waals surface area contributed by atoms with Gasteiger partial charge in [0.05, 0.1) is 36.7 Å². The Morgan fingerprint density at radius 1 is 1.27 bits per heavy atom. The Kier molecular flexibility index (Phi) is 4.37. The second-order valence-electron chi connectivity index (χ2n) is 6.72. The highest BCUT2D eigenvalue weighted by Gasteiger charge is 2.39. The molecule has 2 aliphatic rings. The molecule has 2 saturated heterocycles. The predicted octanol–water partition coefficient (Wildman–Crippen LogP) is 0.944. The molecule has 26 heavy (non-hydrogen) atoms. The van der Waals surface area contributed by atoms with E-state index in [9.17, 15) is 8.42 Å². The van der Waals surface area contributed by atoms with E-state index in [2.05, 4.69) is 24.6 Å². The number of fused-ring (bicyclic) bond motifs is 2. The smallest absolute Gasteiger partial charge is 0.242 e. The molecule has 8 nitrogen and oxygen atoms in total. The molecule has 4 heterocycles. The van der Waals surface area contributed by atoms with Crippen molar-refractivity contribution in [2.45, 2.75) is 43.9 Å². The lowest BCUT2D eigenvalue weighted by Crippen LogP contribution is -2.37. The average Bonchev–Trinajstić information content (AvgIpc) is 3.24. The van der Waals surface area contributed by atoms with Crippen LogP contribution in [0.15, 0.2) is 29.6 Å². The van der Waals surface area contributed by atoms with Crippen molar-refractivity contribution in [1.29, 1.82) is 0 Å². The second kappa shape index (κ2) is 6.57. The van der Waals surface area contributed by atoms with E-state index in [4.69, 9.17) is 4.74 Å². The van der Waals surface area contributed by atoms with Gasteiger partial charge >= 0.3 is 0 Å². The van der Waals surface area contributed by atoms with E-state index in [0.29, 0.717) is 29.6 Å². The molecule has 2 atom stereocenters. The molecule has 0 radical (unpaired) electrons. The monoisotopic (exact) mass is 375 g/mol. The lowest BCUT2D eigenvalue weighted by atomic mass is 10.2. The minimum absolute atomic E-state index is 0.0937. The first-order valence-corrected chi connectivity index (χ1v) is 10.0. The van der Waals surface area contributed by atoms with Crippen LogP contribution in [-0.4, -0.2) is 48.7 Å². The first-order valence-electron chi connectivity index (χ1n) is 8.55. The molecule has 2 aromatic rings. The standard InChI is InChI=1S/C17H21N5O3S/c1-11-5-17(22-9-14-6-13(22)10-25-14)20-8-16(11)26(23,24)21-7-15-12(2)18-3-4-19-15/h3-5,8,13-14,21H,6-7,9-10H2,1-2H3/t13-,14-/m1/s1. The van der Waals surface area contributed by atoms with Crippen molar-refractivity contribution in [2.24, 2.45) is 0 Å². The van der Waals surface area contributed by atoms with Gasteiger partial charge in [-0.25, -0.2) is 18.1 Å². The summed E-state index contributed by atoms with van der Waals surface area (Å²) in [5.74, 6) is 0.807. The summed E-state index contributed by atoms with van der Waals surface area (Å²) >= 11 is 0. The average molecular weight is 375 g/mol. The number of aromatic nitrogens is 3. The predicted molar refractivity (Wildman–Crippen MR) is 95.3 cm³/mol. The number of aryl methyl sites for hydroxylation is 2. The maximum atomic E-state index is 12.7. The van der Waals surface area contributed by atoms with Crippen LogP contribution in [0.5, 0.6) is 0 Å². The zero-order valence-corrected chi connectivity index (χ0v) is 15.5. The van der Waals surface area contributed by atoms with Crippen LogP contribution >= 0.6 is 0 Å². The Morgan fingerprint density at radius 2 is 2.08 bits per heavy atom. The number of sulfonamides is 1. The lowest BCUT2D eigenvalue weighted by molar-refractivity contribution is 0.0989. The van der Waals surface area contributed by atoms with Crippen LogP contribution in [0.1, 0.15) is 23.4 Å². The quantitative estimate of drug-likeness (QED) is 0.831. The van der Waals surface area contributed by atoms with Gasteiger partial charge in [0.25, 0.3) is 0 Å². The van der Waals surface area contributed by atoms with Crippen LogP contribution in [-0.2, 0) is 21.3 Å². The highest BCUT2D eigenvalue weighted by molar-refractivity contribution is 7.89.